The topological polar surface area (TPSA) is 45.4 Å². The molecule has 2 saturated heterocycles. The Morgan fingerprint density at radius 1 is 1.32 bits per heavy atom. The molecule has 0 aliphatic carbocycles. The quantitative estimate of drug-likeness (QED) is 0.861. The van der Waals surface area contributed by atoms with Gasteiger partial charge in [-0.1, -0.05) is 0 Å². The molecule has 2 aliphatic heterocycles. The fourth-order valence-corrected chi connectivity index (χ4v) is 4.23. The van der Waals surface area contributed by atoms with Crippen molar-refractivity contribution in [1.29, 1.82) is 0 Å². The lowest BCUT2D eigenvalue weighted by atomic mass is 9.84. The van der Waals surface area contributed by atoms with Gasteiger partial charge in [0.1, 0.15) is 0 Å². The Bertz CT molecular complexity index is 445. The number of halogens is 1. The third-order valence-electron chi connectivity index (χ3n) is 4.56. The molecule has 3 rings (SSSR count). The highest BCUT2D eigenvalue weighted by Crippen LogP contribution is 2.37. The molecule has 2 aliphatic rings. The molecular weight excluding hydrogens is 304 g/mol. The summed E-state index contributed by atoms with van der Waals surface area (Å²) in [5, 5.41) is 0. The van der Waals surface area contributed by atoms with Crippen molar-refractivity contribution in [2.24, 2.45) is 5.92 Å². The van der Waals surface area contributed by atoms with Crippen LogP contribution in [0, 0.1) is 5.92 Å². The van der Waals surface area contributed by atoms with Crippen molar-refractivity contribution in [1.82, 2.24) is 9.88 Å². The molecule has 0 aromatic carbocycles. The van der Waals surface area contributed by atoms with Crippen molar-refractivity contribution in [3.8, 4) is 0 Å². The summed E-state index contributed by atoms with van der Waals surface area (Å²) in [6.45, 7) is 3.45. The van der Waals surface area contributed by atoms with Crippen molar-refractivity contribution >= 4 is 27.3 Å². The van der Waals surface area contributed by atoms with Gasteiger partial charge in [-0.3, -0.25) is 4.98 Å². The zero-order valence-electron chi connectivity index (χ0n) is 11.3. The number of piperidine rings is 2. The average Bonchev–Trinajstić information content (AvgIpc) is 2.39. The second-order valence-corrected chi connectivity index (χ2v) is 6.60. The Hall–Kier alpha value is -0.810. The largest absolute Gasteiger partial charge is 0.396 e. The maximum absolute atomic E-state index is 6.10. The smallest absolute Gasteiger partial charge is 0.0776 e. The van der Waals surface area contributed by atoms with Crippen LogP contribution in [0.1, 0.15) is 19.3 Å². The van der Waals surface area contributed by atoms with E-state index in [1.54, 1.807) is 6.20 Å². The summed E-state index contributed by atoms with van der Waals surface area (Å²) in [5.41, 5.74) is 8.00. The number of hydrogen-bond acceptors (Lipinski definition) is 4. The van der Waals surface area contributed by atoms with Gasteiger partial charge >= 0.3 is 0 Å². The zero-order chi connectivity index (χ0) is 13.4. The van der Waals surface area contributed by atoms with Crippen LogP contribution >= 0.6 is 15.9 Å². The lowest BCUT2D eigenvalue weighted by Crippen LogP contribution is -2.52. The van der Waals surface area contributed by atoms with Crippen LogP contribution in [0.25, 0.3) is 0 Å². The monoisotopic (exact) mass is 324 g/mol. The molecule has 0 radical (unpaired) electrons. The summed E-state index contributed by atoms with van der Waals surface area (Å²) in [7, 11) is 2.27. The number of anilines is 2. The number of nitrogen functional groups attached to an aromatic ring is 1. The van der Waals surface area contributed by atoms with Crippen molar-refractivity contribution in [3.63, 3.8) is 0 Å². The summed E-state index contributed by atoms with van der Waals surface area (Å²) in [6.07, 6.45) is 7.48. The molecule has 3 heterocycles. The van der Waals surface area contributed by atoms with Crippen LogP contribution in [0.3, 0.4) is 0 Å². The molecule has 5 heteroatoms. The molecule has 2 fully saturated rings. The van der Waals surface area contributed by atoms with Crippen LogP contribution in [0.5, 0.6) is 0 Å². The maximum atomic E-state index is 6.10. The van der Waals surface area contributed by atoms with Crippen LogP contribution in [-0.2, 0) is 0 Å². The second-order valence-electron chi connectivity index (χ2n) is 5.74. The van der Waals surface area contributed by atoms with E-state index in [1.165, 1.54) is 25.8 Å². The number of pyridine rings is 1. The fraction of sp³-hybridized carbons (Fsp3) is 0.643. The third-order valence-corrected chi connectivity index (χ3v) is 5.14. The Morgan fingerprint density at radius 2 is 2.16 bits per heavy atom. The van der Waals surface area contributed by atoms with Gasteiger partial charge in [-0.25, -0.2) is 0 Å². The first-order chi connectivity index (χ1) is 9.16. The van der Waals surface area contributed by atoms with Crippen LogP contribution < -0.4 is 10.6 Å². The highest BCUT2D eigenvalue weighted by Gasteiger charge is 2.35. The SMILES string of the molecule is CN1CCCC2CN(c3c(N)cncc3Br)CCC21. The van der Waals surface area contributed by atoms with E-state index in [1.807, 2.05) is 6.20 Å². The number of hydrogen-bond donors (Lipinski definition) is 1. The number of rotatable bonds is 1. The normalized spacial score (nSPS) is 28.2. The summed E-state index contributed by atoms with van der Waals surface area (Å²) in [6, 6.07) is 0.756. The summed E-state index contributed by atoms with van der Waals surface area (Å²) in [5.74, 6) is 0.770. The van der Waals surface area contributed by atoms with Crippen molar-refractivity contribution in [2.45, 2.75) is 25.3 Å². The Labute approximate surface area is 123 Å². The minimum atomic E-state index is 0.756. The minimum absolute atomic E-state index is 0.756. The van der Waals surface area contributed by atoms with Gasteiger partial charge in [-0.15, -0.1) is 0 Å². The van der Waals surface area contributed by atoms with Gasteiger partial charge < -0.3 is 15.5 Å². The highest BCUT2D eigenvalue weighted by molar-refractivity contribution is 9.10. The van der Waals surface area contributed by atoms with Gasteiger partial charge in [-0.05, 0) is 54.7 Å². The second kappa shape index (κ2) is 5.29. The summed E-state index contributed by atoms with van der Waals surface area (Å²) >= 11 is 3.59. The molecule has 4 nitrogen and oxygen atoms in total. The van der Waals surface area contributed by atoms with Crippen LogP contribution in [0.4, 0.5) is 11.4 Å². The lowest BCUT2D eigenvalue weighted by Gasteiger charge is -2.47. The zero-order valence-corrected chi connectivity index (χ0v) is 12.9. The van der Waals surface area contributed by atoms with Crippen LogP contribution in [0.2, 0.25) is 0 Å². The number of fused-ring (bicyclic) bond motifs is 1. The third kappa shape index (κ3) is 2.46. The predicted octanol–water partition coefficient (Wildman–Crippen LogP) is 2.35. The Kier molecular flexibility index (Phi) is 3.67. The highest BCUT2D eigenvalue weighted by atomic mass is 79.9. The molecule has 1 aromatic rings. The fourth-order valence-electron chi connectivity index (χ4n) is 3.63. The molecular formula is C14H21BrN4. The van der Waals surface area contributed by atoms with Gasteiger partial charge in [0.15, 0.2) is 0 Å². The van der Waals surface area contributed by atoms with Gasteiger partial charge in [-0.2, -0.15) is 0 Å². The number of aromatic nitrogens is 1. The summed E-state index contributed by atoms with van der Waals surface area (Å²) < 4.78 is 1.01. The standard InChI is InChI=1S/C14H21BrN4/c1-18-5-2-3-10-9-19(6-4-13(10)18)14-11(15)7-17-8-12(14)16/h7-8,10,13H,2-6,9,16H2,1H3. The Morgan fingerprint density at radius 3 is 2.95 bits per heavy atom. The van der Waals surface area contributed by atoms with E-state index in [4.69, 9.17) is 5.73 Å². The number of likely N-dealkylation sites (tertiary alicyclic amines) is 1. The molecule has 2 N–H and O–H groups in total. The molecule has 0 bridgehead atoms. The van der Waals surface area contributed by atoms with E-state index in [9.17, 15) is 0 Å². The van der Waals surface area contributed by atoms with E-state index in [0.717, 1.165) is 40.9 Å². The Balaban J connectivity index is 1.81. The first kappa shape index (κ1) is 13.2. The minimum Gasteiger partial charge on any atom is -0.396 e. The van der Waals surface area contributed by atoms with E-state index in [0.29, 0.717) is 0 Å². The van der Waals surface area contributed by atoms with E-state index >= 15 is 0 Å². The first-order valence-corrected chi connectivity index (χ1v) is 7.80. The van der Waals surface area contributed by atoms with E-state index in [2.05, 4.69) is 37.8 Å². The van der Waals surface area contributed by atoms with Gasteiger partial charge in [0.05, 0.1) is 22.0 Å². The molecule has 19 heavy (non-hydrogen) atoms. The van der Waals surface area contributed by atoms with Crippen molar-refractivity contribution in [3.05, 3.63) is 16.9 Å². The molecule has 2 atom stereocenters. The molecule has 2 unspecified atom stereocenters. The van der Waals surface area contributed by atoms with Gasteiger partial charge in [0.2, 0.25) is 0 Å². The maximum Gasteiger partial charge on any atom is 0.0776 e. The average molecular weight is 325 g/mol. The van der Waals surface area contributed by atoms with Crippen molar-refractivity contribution < 1.29 is 0 Å². The molecule has 0 amide bonds. The lowest BCUT2D eigenvalue weighted by molar-refractivity contribution is 0.102. The summed E-state index contributed by atoms with van der Waals surface area (Å²) in [4.78, 5) is 9.10. The van der Waals surface area contributed by atoms with E-state index < -0.39 is 0 Å². The van der Waals surface area contributed by atoms with Crippen LogP contribution in [-0.4, -0.2) is 42.6 Å². The molecule has 104 valence electrons. The van der Waals surface area contributed by atoms with E-state index in [-0.39, 0.29) is 0 Å². The van der Waals surface area contributed by atoms with Crippen molar-refractivity contribution in [2.75, 3.05) is 37.3 Å². The molecule has 0 spiro atoms. The predicted molar refractivity (Wildman–Crippen MR) is 82.3 cm³/mol. The van der Waals surface area contributed by atoms with Gasteiger partial charge in [0.25, 0.3) is 0 Å². The first-order valence-electron chi connectivity index (χ1n) is 7.01. The number of nitrogens with zero attached hydrogens (tertiary/aromatic N) is 3. The molecule has 1 aromatic heterocycles. The molecule has 0 saturated carbocycles. The van der Waals surface area contributed by atoms with Crippen LogP contribution in [0.15, 0.2) is 16.9 Å². The number of nitrogens with two attached hydrogens (primary N) is 1. The van der Waals surface area contributed by atoms with Gasteiger partial charge in [0, 0.05) is 25.3 Å².